The molecule has 1 heterocycles. The van der Waals surface area contributed by atoms with E-state index in [1.165, 1.54) is 6.07 Å². The Kier molecular flexibility index (Phi) is 5.25. The molecule has 0 aliphatic carbocycles. The van der Waals surface area contributed by atoms with Crippen molar-refractivity contribution in [2.45, 2.75) is 13.8 Å². The molecule has 0 saturated carbocycles. The highest BCUT2D eigenvalue weighted by atomic mass is 31.1. The van der Waals surface area contributed by atoms with Gasteiger partial charge in [0.05, 0.1) is 11.4 Å². The number of aromatic nitrogens is 2. The van der Waals surface area contributed by atoms with Crippen LogP contribution in [-0.2, 0) is 0 Å². The van der Waals surface area contributed by atoms with Gasteiger partial charge in [0.2, 0.25) is 0 Å². The zero-order valence-electron chi connectivity index (χ0n) is 15.9. The summed E-state index contributed by atoms with van der Waals surface area (Å²) in [5.74, 6) is -3.92. The van der Waals surface area contributed by atoms with Crippen molar-refractivity contribution in [3.8, 4) is 5.69 Å². The number of rotatable bonds is 4. The molecule has 0 aliphatic heterocycles. The van der Waals surface area contributed by atoms with Crippen molar-refractivity contribution in [3.63, 3.8) is 0 Å². The summed E-state index contributed by atoms with van der Waals surface area (Å²) >= 11 is 0. The molecule has 0 amide bonds. The topological polar surface area (TPSA) is 17.8 Å². The van der Waals surface area contributed by atoms with Gasteiger partial charge in [0.25, 0.3) is 0 Å². The average molecular weight is 410 g/mol. The number of nitrogens with zero attached hydrogens (tertiary/aromatic N) is 2. The van der Waals surface area contributed by atoms with E-state index in [1.54, 1.807) is 11.5 Å². The minimum Gasteiger partial charge on any atom is -0.293 e. The summed E-state index contributed by atoms with van der Waals surface area (Å²) in [7, 11) is -1.15. The fourth-order valence-corrected chi connectivity index (χ4v) is 5.66. The SMILES string of the molecule is Cc1nc(P(c2ccccc2)c2ccccc2)n(-c2ccc(F)c(F)c2F)c1C. The largest absolute Gasteiger partial charge is 0.293 e. The molecule has 1 aromatic heterocycles. The highest BCUT2D eigenvalue weighted by Crippen LogP contribution is 2.35. The molecular formula is C23H18F3N2P. The first-order chi connectivity index (χ1) is 14.0. The predicted molar refractivity (Wildman–Crippen MR) is 112 cm³/mol. The summed E-state index contributed by atoms with van der Waals surface area (Å²) in [5.41, 5.74) is 1.96. The van der Waals surface area contributed by atoms with Crippen LogP contribution in [0, 0.1) is 31.3 Å². The van der Waals surface area contributed by atoms with E-state index in [4.69, 9.17) is 4.98 Å². The van der Waals surface area contributed by atoms with Crippen LogP contribution in [0.25, 0.3) is 5.69 Å². The minimum atomic E-state index is -1.48. The number of hydrogen-bond acceptors (Lipinski definition) is 1. The summed E-state index contributed by atoms with van der Waals surface area (Å²) < 4.78 is 43.9. The maximum absolute atomic E-state index is 14.7. The highest BCUT2D eigenvalue weighted by Gasteiger charge is 2.27. The molecule has 4 aromatic rings. The van der Waals surface area contributed by atoms with Crippen LogP contribution in [0.2, 0.25) is 0 Å². The predicted octanol–water partition coefficient (Wildman–Crippen LogP) is 4.66. The lowest BCUT2D eigenvalue weighted by Gasteiger charge is -2.21. The van der Waals surface area contributed by atoms with Gasteiger partial charge in [0, 0.05) is 13.6 Å². The van der Waals surface area contributed by atoms with Gasteiger partial charge in [-0.3, -0.25) is 4.57 Å². The molecule has 0 unspecified atom stereocenters. The average Bonchev–Trinajstić information content (AvgIpc) is 3.02. The molecule has 146 valence electrons. The minimum absolute atomic E-state index is 0.0450. The van der Waals surface area contributed by atoms with Crippen molar-refractivity contribution in [3.05, 3.63) is 102 Å². The number of imidazole rings is 1. The van der Waals surface area contributed by atoms with Gasteiger partial charge in [-0.15, -0.1) is 0 Å². The molecule has 4 rings (SSSR count). The van der Waals surface area contributed by atoms with Crippen LogP contribution in [0.3, 0.4) is 0 Å². The van der Waals surface area contributed by atoms with E-state index in [9.17, 15) is 13.2 Å². The Bertz CT molecular complexity index is 1120. The number of aryl methyl sites for hydroxylation is 1. The fourth-order valence-electron chi connectivity index (χ4n) is 3.25. The van der Waals surface area contributed by atoms with Gasteiger partial charge in [-0.2, -0.15) is 0 Å². The zero-order valence-corrected chi connectivity index (χ0v) is 16.8. The van der Waals surface area contributed by atoms with E-state index in [0.29, 0.717) is 17.0 Å². The van der Waals surface area contributed by atoms with Gasteiger partial charge in [-0.05, 0) is 36.6 Å². The Balaban J connectivity index is 2.01. The first kappa shape index (κ1) is 19.4. The van der Waals surface area contributed by atoms with E-state index in [1.807, 2.05) is 67.6 Å². The van der Waals surface area contributed by atoms with E-state index in [0.717, 1.165) is 16.7 Å². The Hall–Kier alpha value is -2.91. The van der Waals surface area contributed by atoms with E-state index < -0.39 is 25.4 Å². The van der Waals surface area contributed by atoms with Gasteiger partial charge in [-0.1, -0.05) is 60.7 Å². The van der Waals surface area contributed by atoms with Crippen molar-refractivity contribution in [2.24, 2.45) is 0 Å². The van der Waals surface area contributed by atoms with Crippen LogP contribution >= 0.6 is 7.92 Å². The molecule has 0 atom stereocenters. The molecule has 0 bridgehead atoms. The number of halogens is 3. The zero-order chi connectivity index (χ0) is 20.5. The summed E-state index contributed by atoms with van der Waals surface area (Å²) in [5, 5.41) is 2.06. The summed E-state index contributed by atoms with van der Waals surface area (Å²) in [6.07, 6.45) is 0. The van der Waals surface area contributed by atoms with Gasteiger partial charge in [-0.25, -0.2) is 18.2 Å². The first-order valence-electron chi connectivity index (χ1n) is 9.09. The quantitative estimate of drug-likeness (QED) is 0.353. The van der Waals surface area contributed by atoms with Crippen molar-refractivity contribution < 1.29 is 13.2 Å². The maximum Gasteiger partial charge on any atom is 0.196 e. The smallest absolute Gasteiger partial charge is 0.196 e. The molecule has 0 radical (unpaired) electrons. The van der Waals surface area contributed by atoms with Crippen molar-refractivity contribution in [1.82, 2.24) is 9.55 Å². The molecule has 3 aromatic carbocycles. The van der Waals surface area contributed by atoms with Crippen molar-refractivity contribution in [1.29, 1.82) is 0 Å². The monoisotopic (exact) mass is 410 g/mol. The van der Waals surface area contributed by atoms with Gasteiger partial charge < -0.3 is 0 Å². The fraction of sp³-hybridized carbons (Fsp3) is 0.0870. The molecular weight excluding hydrogens is 392 g/mol. The summed E-state index contributed by atoms with van der Waals surface area (Å²) in [6.45, 7) is 3.63. The number of hydrogen-bond donors (Lipinski definition) is 0. The third-order valence-electron chi connectivity index (χ3n) is 4.81. The molecule has 29 heavy (non-hydrogen) atoms. The summed E-state index contributed by atoms with van der Waals surface area (Å²) in [6, 6.07) is 21.9. The van der Waals surface area contributed by atoms with E-state index in [-0.39, 0.29) is 5.69 Å². The van der Waals surface area contributed by atoms with Crippen LogP contribution in [0.1, 0.15) is 11.4 Å². The molecule has 0 fully saturated rings. The molecule has 0 N–H and O–H groups in total. The van der Waals surface area contributed by atoms with Gasteiger partial charge in [0.1, 0.15) is 5.57 Å². The molecule has 0 spiro atoms. The Morgan fingerprint density at radius 3 is 1.83 bits per heavy atom. The Morgan fingerprint density at radius 1 is 0.724 bits per heavy atom. The first-order valence-corrected chi connectivity index (χ1v) is 10.4. The standard InChI is InChI=1S/C23H18F3N2P/c1-15-16(2)28(20-14-13-19(24)21(25)22(20)26)23(27-15)29(17-9-5-3-6-10-17)18-11-7-4-8-12-18/h3-14H,1-2H3. The number of benzene rings is 3. The maximum atomic E-state index is 14.7. The van der Waals surface area contributed by atoms with Gasteiger partial charge >= 0.3 is 0 Å². The van der Waals surface area contributed by atoms with Crippen LogP contribution in [0.4, 0.5) is 13.2 Å². The molecule has 0 aliphatic rings. The van der Waals surface area contributed by atoms with Crippen LogP contribution < -0.4 is 16.2 Å². The van der Waals surface area contributed by atoms with E-state index >= 15 is 0 Å². The van der Waals surface area contributed by atoms with Crippen LogP contribution in [0.5, 0.6) is 0 Å². The normalized spacial score (nSPS) is 11.2. The second kappa shape index (κ2) is 7.84. The molecule has 0 saturated heterocycles. The van der Waals surface area contributed by atoms with Crippen LogP contribution in [-0.4, -0.2) is 9.55 Å². The summed E-state index contributed by atoms with van der Waals surface area (Å²) in [4.78, 5) is 4.74. The van der Waals surface area contributed by atoms with Crippen molar-refractivity contribution >= 4 is 24.1 Å². The second-order valence-electron chi connectivity index (χ2n) is 6.62. The third kappa shape index (κ3) is 3.47. The third-order valence-corrected chi connectivity index (χ3v) is 7.14. The second-order valence-corrected chi connectivity index (χ2v) is 8.72. The molecule has 2 nitrogen and oxygen atoms in total. The van der Waals surface area contributed by atoms with Crippen molar-refractivity contribution in [2.75, 3.05) is 0 Å². The van der Waals surface area contributed by atoms with E-state index in [2.05, 4.69) is 0 Å². The highest BCUT2D eigenvalue weighted by molar-refractivity contribution is 7.79. The Labute approximate surface area is 168 Å². The molecule has 6 heteroatoms. The lowest BCUT2D eigenvalue weighted by Crippen LogP contribution is -2.28. The lowest BCUT2D eigenvalue weighted by atomic mass is 10.2. The lowest BCUT2D eigenvalue weighted by molar-refractivity contribution is 0.444. The Morgan fingerprint density at radius 2 is 1.28 bits per heavy atom. The van der Waals surface area contributed by atoms with Crippen LogP contribution in [0.15, 0.2) is 72.8 Å². The van der Waals surface area contributed by atoms with Gasteiger partial charge in [0.15, 0.2) is 17.5 Å².